The zero-order valence-corrected chi connectivity index (χ0v) is 13.9. The SMILES string of the molecule is COc1ccc(NC(=O)N2CCC(c3n[nH]c(C)n3)C2)cc1[N+](=O)[O-]. The Kier molecular flexibility index (Phi) is 4.50. The number of amides is 2. The van der Waals surface area contributed by atoms with Crippen molar-refractivity contribution in [3.05, 3.63) is 40.0 Å². The molecule has 0 saturated carbocycles. The topological polar surface area (TPSA) is 126 Å². The number of carbonyl (C=O) groups excluding carboxylic acids is 1. The largest absolute Gasteiger partial charge is 0.490 e. The van der Waals surface area contributed by atoms with E-state index >= 15 is 0 Å². The first kappa shape index (κ1) is 16.7. The third kappa shape index (κ3) is 3.52. The molecule has 2 heterocycles. The predicted molar refractivity (Wildman–Crippen MR) is 88.7 cm³/mol. The monoisotopic (exact) mass is 346 g/mol. The number of carbonyl (C=O) groups is 1. The molecule has 1 atom stereocenters. The van der Waals surface area contributed by atoms with Crippen LogP contribution in [-0.4, -0.2) is 51.2 Å². The van der Waals surface area contributed by atoms with E-state index < -0.39 is 4.92 Å². The Morgan fingerprint density at radius 2 is 2.32 bits per heavy atom. The van der Waals surface area contributed by atoms with E-state index in [1.54, 1.807) is 11.0 Å². The highest BCUT2D eigenvalue weighted by Gasteiger charge is 2.30. The van der Waals surface area contributed by atoms with Gasteiger partial charge in [0, 0.05) is 30.8 Å². The minimum absolute atomic E-state index is 0.0842. The summed E-state index contributed by atoms with van der Waals surface area (Å²) >= 11 is 0. The van der Waals surface area contributed by atoms with Gasteiger partial charge in [0.2, 0.25) is 0 Å². The molecule has 1 aromatic carbocycles. The fraction of sp³-hybridized carbons (Fsp3) is 0.400. The van der Waals surface area contributed by atoms with Gasteiger partial charge in [-0.3, -0.25) is 15.2 Å². The van der Waals surface area contributed by atoms with E-state index in [0.717, 1.165) is 12.2 Å². The molecule has 1 aliphatic rings. The number of H-pyrrole nitrogens is 1. The molecule has 0 spiro atoms. The Bertz CT molecular complexity index is 805. The van der Waals surface area contributed by atoms with Gasteiger partial charge in [0.25, 0.3) is 0 Å². The summed E-state index contributed by atoms with van der Waals surface area (Å²) in [5.74, 6) is 1.67. The van der Waals surface area contributed by atoms with Gasteiger partial charge in [0.05, 0.1) is 12.0 Å². The molecule has 1 aliphatic heterocycles. The number of benzene rings is 1. The Labute approximate surface area is 143 Å². The lowest BCUT2D eigenvalue weighted by atomic mass is 10.1. The molecular weight excluding hydrogens is 328 g/mol. The number of anilines is 1. The van der Waals surface area contributed by atoms with Crippen LogP contribution in [0.4, 0.5) is 16.2 Å². The van der Waals surface area contributed by atoms with Gasteiger partial charge < -0.3 is 15.0 Å². The summed E-state index contributed by atoms with van der Waals surface area (Å²) in [6.45, 7) is 2.90. The van der Waals surface area contributed by atoms with Crippen LogP contribution in [0.5, 0.6) is 5.75 Å². The summed E-state index contributed by atoms with van der Waals surface area (Å²) in [4.78, 5) is 28.9. The van der Waals surface area contributed by atoms with Crippen LogP contribution in [0, 0.1) is 17.0 Å². The van der Waals surface area contributed by atoms with Gasteiger partial charge >= 0.3 is 11.7 Å². The van der Waals surface area contributed by atoms with Crippen molar-refractivity contribution in [2.75, 3.05) is 25.5 Å². The van der Waals surface area contributed by atoms with Crippen LogP contribution >= 0.6 is 0 Å². The normalized spacial score (nSPS) is 16.7. The van der Waals surface area contributed by atoms with Crippen molar-refractivity contribution in [1.29, 1.82) is 0 Å². The molecule has 2 N–H and O–H groups in total. The van der Waals surface area contributed by atoms with E-state index in [9.17, 15) is 14.9 Å². The number of ether oxygens (including phenoxy) is 1. The van der Waals surface area contributed by atoms with Crippen molar-refractivity contribution in [1.82, 2.24) is 20.1 Å². The molecule has 1 saturated heterocycles. The molecule has 0 bridgehead atoms. The molecule has 132 valence electrons. The summed E-state index contributed by atoms with van der Waals surface area (Å²) in [7, 11) is 1.36. The number of hydrogen-bond donors (Lipinski definition) is 2. The van der Waals surface area contributed by atoms with Crippen LogP contribution < -0.4 is 10.1 Å². The predicted octanol–water partition coefficient (Wildman–Crippen LogP) is 2.05. The van der Waals surface area contributed by atoms with Gasteiger partial charge in [-0.15, -0.1) is 0 Å². The van der Waals surface area contributed by atoms with Crippen molar-refractivity contribution < 1.29 is 14.5 Å². The Morgan fingerprint density at radius 3 is 2.96 bits per heavy atom. The highest BCUT2D eigenvalue weighted by molar-refractivity contribution is 5.90. The number of nitro groups is 1. The van der Waals surface area contributed by atoms with Gasteiger partial charge in [-0.05, 0) is 25.5 Å². The second-order valence-electron chi connectivity index (χ2n) is 5.78. The molecule has 2 amide bonds. The summed E-state index contributed by atoms with van der Waals surface area (Å²) in [5, 5.41) is 20.7. The molecule has 25 heavy (non-hydrogen) atoms. The van der Waals surface area contributed by atoms with Crippen LogP contribution in [0.1, 0.15) is 24.0 Å². The molecule has 2 aromatic rings. The molecule has 10 nitrogen and oxygen atoms in total. The number of likely N-dealkylation sites (tertiary alicyclic amines) is 1. The standard InChI is InChI=1S/C15H18N6O4/c1-9-16-14(19-18-9)10-5-6-20(8-10)15(22)17-11-3-4-13(25-2)12(7-11)21(23)24/h3-4,7,10H,5-6,8H2,1-2H3,(H,17,22)(H,16,18,19). The molecule has 1 unspecified atom stereocenters. The maximum absolute atomic E-state index is 12.4. The minimum Gasteiger partial charge on any atom is -0.490 e. The number of nitrogens with zero attached hydrogens (tertiary/aromatic N) is 4. The van der Waals surface area contributed by atoms with Crippen molar-refractivity contribution >= 4 is 17.4 Å². The molecular formula is C15H18N6O4. The fourth-order valence-electron chi connectivity index (χ4n) is 2.81. The highest BCUT2D eigenvalue weighted by Crippen LogP contribution is 2.30. The zero-order chi connectivity index (χ0) is 18.0. The lowest BCUT2D eigenvalue weighted by molar-refractivity contribution is -0.385. The number of aromatic amines is 1. The molecule has 0 aliphatic carbocycles. The minimum atomic E-state index is -0.550. The maximum Gasteiger partial charge on any atom is 0.321 e. The van der Waals surface area contributed by atoms with E-state index in [4.69, 9.17) is 4.74 Å². The lowest BCUT2D eigenvalue weighted by Gasteiger charge is -2.17. The molecule has 1 aromatic heterocycles. The van der Waals surface area contributed by atoms with Gasteiger partial charge in [0.15, 0.2) is 11.6 Å². The first-order valence-electron chi connectivity index (χ1n) is 7.75. The van der Waals surface area contributed by atoms with Crippen LogP contribution in [0.25, 0.3) is 0 Å². The smallest absolute Gasteiger partial charge is 0.321 e. The first-order valence-corrected chi connectivity index (χ1v) is 7.75. The van der Waals surface area contributed by atoms with Crippen LogP contribution in [-0.2, 0) is 0 Å². The summed E-state index contributed by atoms with van der Waals surface area (Å²) in [5.41, 5.74) is 0.144. The first-order chi connectivity index (χ1) is 12.0. The number of hydrogen-bond acceptors (Lipinski definition) is 6. The summed E-state index contributed by atoms with van der Waals surface area (Å²) in [6, 6.07) is 3.99. The quantitative estimate of drug-likeness (QED) is 0.644. The van der Waals surface area contributed by atoms with Crippen LogP contribution in [0.2, 0.25) is 0 Å². The summed E-state index contributed by atoms with van der Waals surface area (Å²) < 4.78 is 4.95. The number of methoxy groups -OCH3 is 1. The van der Waals surface area contributed by atoms with Crippen LogP contribution in [0.3, 0.4) is 0 Å². The zero-order valence-electron chi connectivity index (χ0n) is 13.9. The van der Waals surface area contributed by atoms with E-state index in [1.807, 2.05) is 6.92 Å². The third-order valence-electron chi connectivity index (χ3n) is 4.08. The lowest BCUT2D eigenvalue weighted by Crippen LogP contribution is -2.32. The van der Waals surface area contributed by atoms with Crippen molar-refractivity contribution in [2.24, 2.45) is 0 Å². The molecule has 1 fully saturated rings. The van der Waals surface area contributed by atoms with Gasteiger partial charge in [0.1, 0.15) is 5.82 Å². The number of nitrogens with one attached hydrogen (secondary N) is 2. The Balaban J connectivity index is 1.67. The Hall–Kier alpha value is -3.17. The number of urea groups is 1. The van der Waals surface area contributed by atoms with E-state index in [-0.39, 0.29) is 23.4 Å². The highest BCUT2D eigenvalue weighted by atomic mass is 16.6. The average Bonchev–Trinajstić information content (AvgIpc) is 3.23. The number of rotatable bonds is 4. The maximum atomic E-state index is 12.4. The average molecular weight is 346 g/mol. The second kappa shape index (κ2) is 6.75. The number of aryl methyl sites for hydroxylation is 1. The number of aromatic nitrogens is 3. The second-order valence-corrected chi connectivity index (χ2v) is 5.78. The van der Waals surface area contributed by atoms with Gasteiger partial charge in [-0.1, -0.05) is 0 Å². The van der Waals surface area contributed by atoms with E-state index in [0.29, 0.717) is 24.6 Å². The summed E-state index contributed by atoms with van der Waals surface area (Å²) in [6.07, 6.45) is 0.771. The Morgan fingerprint density at radius 1 is 1.52 bits per heavy atom. The number of nitro benzene ring substituents is 1. The van der Waals surface area contributed by atoms with Crippen LogP contribution in [0.15, 0.2) is 18.2 Å². The molecule has 0 radical (unpaired) electrons. The molecule has 3 rings (SSSR count). The van der Waals surface area contributed by atoms with Crippen molar-refractivity contribution in [2.45, 2.75) is 19.3 Å². The van der Waals surface area contributed by atoms with E-state index in [1.165, 1.54) is 19.2 Å². The van der Waals surface area contributed by atoms with Gasteiger partial charge in [-0.2, -0.15) is 5.10 Å². The molecule has 10 heteroatoms. The van der Waals surface area contributed by atoms with Gasteiger partial charge in [-0.25, -0.2) is 9.78 Å². The third-order valence-corrected chi connectivity index (χ3v) is 4.08. The van der Waals surface area contributed by atoms with Crippen molar-refractivity contribution in [3.63, 3.8) is 0 Å². The fourth-order valence-corrected chi connectivity index (χ4v) is 2.81. The van der Waals surface area contributed by atoms with E-state index in [2.05, 4.69) is 20.5 Å². The van der Waals surface area contributed by atoms with Crippen molar-refractivity contribution in [3.8, 4) is 5.75 Å².